The maximum Gasteiger partial charge on any atom is 0.244 e. The number of nitrogens with zero attached hydrogens (tertiary/aromatic N) is 3. The molecule has 0 spiro atoms. The van der Waals surface area contributed by atoms with E-state index in [1.165, 1.54) is 0 Å². The molecule has 1 fully saturated rings. The predicted molar refractivity (Wildman–Crippen MR) is 57.0 cm³/mol. The largest absolute Gasteiger partial charge is 0.382 e. The summed E-state index contributed by atoms with van der Waals surface area (Å²) in [4.78, 5) is 13.7. The van der Waals surface area contributed by atoms with E-state index in [1.807, 2.05) is 4.90 Å². The van der Waals surface area contributed by atoms with Gasteiger partial charge < -0.3 is 10.6 Å². The highest BCUT2D eigenvalue weighted by Crippen LogP contribution is 2.15. The Morgan fingerprint density at radius 1 is 1.73 bits per heavy atom. The standard InChI is InChI=1S/C10H16N4O/c1-8-2-4-13(6-8)10(15)7-14-5-3-9(11)12-14/h3,5,8H,2,4,6-7H2,1H3,(H2,11,12). The Morgan fingerprint density at radius 3 is 3.07 bits per heavy atom. The van der Waals surface area contributed by atoms with Gasteiger partial charge in [0.05, 0.1) is 0 Å². The number of hydrogen-bond donors (Lipinski definition) is 1. The van der Waals surface area contributed by atoms with Crippen LogP contribution in [-0.4, -0.2) is 33.7 Å². The monoisotopic (exact) mass is 208 g/mol. The van der Waals surface area contributed by atoms with E-state index >= 15 is 0 Å². The second-order valence-electron chi connectivity index (χ2n) is 4.17. The van der Waals surface area contributed by atoms with Crippen LogP contribution in [0.5, 0.6) is 0 Å². The normalized spacial score (nSPS) is 20.9. The first-order valence-corrected chi connectivity index (χ1v) is 5.22. The van der Waals surface area contributed by atoms with Gasteiger partial charge in [-0.25, -0.2) is 0 Å². The van der Waals surface area contributed by atoms with Gasteiger partial charge in [0.1, 0.15) is 12.4 Å². The summed E-state index contributed by atoms with van der Waals surface area (Å²) in [6.07, 6.45) is 2.83. The third-order valence-corrected chi connectivity index (χ3v) is 2.74. The SMILES string of the molecule is CC1CCN(C(=O)Cn2ccc(N)n2)C1. The van der Waals surface area contributed by atoms with E-state index < -0.39 is 0 Å². The number of aromatic nitrogens is 2. The first-order valence-electron chi connectivity index (χ1n) is 5.22. The van der Waals surface area contributed by atoms with Crippen molar-refractivity contribution in [3.63, 3.8) is 0 Å². The van der Waals surface area contributed by atoms with Crippen molar-refractivity contribution in [3.8, 4) is 0 Å². The van der Waals surface area contributed by atoms with Crippen LogP contribution in [0.4, 0.5) is 5.82 Å². The topological polar surface area (TPSA) is 64.2 Å². The average molecular weight is 208 g/mol. The van der Waals surface area contributed by atoms with E-state index in [-0.39, 0.29) is 5.91 Å². The maximum absolute atomic E-state index is 11.8. The first kappa shape index (κ1) is 10.0. The highest BCUT2D eigenvalue weighted by atomic mass is 16.2. The smallest absolute Gasteiger partial charge is 0.244 e. The molecule has 15 heavy (non-hydrogen) atoms. The minimum Gasteiger partial charge on any atom is -0.382 e. The van der Waals surface area contributed by atoms with Crippen molar-refractivity contribution >= 4 is 11.7 Å². The molecule has 0 bridgehead atoms. The lowest BCUT2D eigenvalue weighted by molar-refractivity contribution is -0.131. The molecule has 2 rings (SSSR count). The summed E-state index contributed by atoms with van der Waals surface area (Å²) in [5.41, 5.74) is 5.47. The molecule has 1 unspecified atom stereocenters. The van der Waals surface area contributed by atoms with Crippen LogP contribution in [0, 0.1) is 5.92 Å². The van der Waals surface area contributed by atoms with Gasteiger partial charge in [0.2, 0.25) is 5.91 Å². The Bertz CT molecular complexity index is 360. The Kier molecular flexibility index (Phi) is 2.62. The van der Waals surface area contributed by atoms with Gasteiger partial charge in [-0.15, -0.1) is 0 Å². The number of nitrogens with two attached hydrogens (primary N) is 1. The lowest BCUT2D eigenvalue weighted by Gasteiger charge is -2.15. The van der Waals surface area contributed by atoms with Crippen LogP contribution in [-0.2, 0) is 11.3 Å². The molecule has 5 nitrogen and oxygen atoms in total. The molecule has 1 aromatic rings. The average Bonchev–Trinajstić information content (AvgIpc) is 2.75. The van der Waals surface area contributed by atoms with Crippen LogP contribution in [0.2, 0.25) is 0 Å². The number of rotatable bonds is 2. The molecule has 5 heteroatoms. The number of carbonyl (C=O) groups is 1. The van der Waals surface area contributed by atoms with Crippen LogP contribution in [0.15, 0.2) is 12.3 Å². The Hall–Kier alpha value is -1.52. The van der Waals surface area contributed by atoms with Crippen LogP contribution < -0.4 is 5.73 Å². The summed E-state index contributed by atoms with van der Waals surface area (Å²) < 4.78 is 1.58. The van der Waals surface area contributed by atoms with Crippen LogP contribution in [0.3, 0.4) is 0 Å². The van der Waals surface area contributed by atoms with Crippen molar-refractivity contribution in [2.45, 2.75) is 19.9 Å². The number of amides is 1. The minimum atomic E-state index is 0.127. The van der Waals surface area contributed by atoms with E-state index in [2.05, 4.69) is 12.0 Å². The van der Waals surface area contributed by atoms with Gasteiger partial charge in [-0.1, -0.05) is 6.92 Å². The second-order valence-corrected chi connectivity index (χ2v) is 4.17. The molecular weight excluding hydrogens is 192 g/mol. The quantitative estimate of drug-likeness (QED) is 0.762. The maximum atomic E-state index is 11.8. The lowest BCUT2D eigenvalue weighted by atomic mass is 10.2. The first-order chi connectivity index (χ1) is 7.15. The number of likely N-dealkylation sites (tertiary alicyclic amines) is 1. The van der Waals surface area contributed by atoms with Crippen LogP contribution in [0.25, 0.3) is 0 Å². The molecule has 1 saturated heterocycles. The van der Waals surface area contributed by atoms with Gasteiger partial charge in [0, 0.05) is 19.3 Å². The molecule has 0 aliphatic carbocycles. The molecule has 1 amide bonds. The number of hydrogen-bond acceptors (Lipinski definition) is 3. The molecule has 1 aromatic heterocycles. The third-order valence-electron chi connectivity index (χ3n) is 2.74. The summed E-state index contributed by atoms with van der Waals surface area (Å²) in [6.45, 7) is 4.20. The summed E-state index contributed by atoms with van der Waals surface area (Å²) in [5, 5.41) is 3.99. The fourth-order valence-electron chi connectivity index (χ4n) is 1.87. The zero-order valence-corrected chi connectivity index (χ0v) is 8.89. The summed E-state index contributed by atoms with van der Waals surface area (Å²) in [7, 11) is 0. The molecule has 0 radical (unpaired) electrons. The molecule has 2 heterocycles. The molecule has 82 valence electrons. The van der Waals surface area contributed by atoms with Crippen molar-refractivity contribution in [2.24, 2.45) is 5.92 Å². The summed E-state index contributed by atoms with van der Waals surface area (Å²) in [6, 6.07) is 1.69. The predicted octanol–water partition coefficient (Wildman–Crippen LogP) is 0.334. The Labute approximate surface area is 88.8 Å². The van der Waals surface area contributed by atoms with Crippen molar-refractivity contribution in [1.29, 1.82) is 0 Å². The highest BCUT2D eigenvalue weighted by Gasteiger charge is 2.23. The van der Waals surface area contributed by atoms with Crippen molar-refractivity contribution in [3.05, 3.63) is 12.3 Å². The molecule has 1 aliphatic rings. The second kappa shape index (κ2) is 3.92. The molecule has 2 N–H and O–H groups in total. The Morgan fingerprint density at radius 2 is 2.53 bits per heavy atom. The van der Waals surface area contributed by atoms with Gasteiger partial charge in [-0.3, -0.25) is 9.48 Å². The zero-order valence-electron chi connectivity index (χ0n) is 8.89. The minimum absolute atomic E-state index is 0.127. The van der Waals surface area contributed by atoms with Gasteiger partial charge in [0.15, 0.2) is 0 Å². The van der Waals surface area contributed by atoms with E-state index in [1.54, 1.807) is 16.9 Å². The molecule has 1 atom stereocenters. The molecule has 0 aromatic carbocycles. The third kappa shape index (κ3) is 2.29. The van der Waals surface area contributed by atoms with E-state index in [9.17, 15) is 4.79 Å². The van der Waals surface area contributed by atoms with Gasteiger partial charge in [0.25, 0.3) is 0 Å². The lowest BCUT2D eigenvalue weighted by Crippen LogP contribution is -2.31. The van der Waals surface area contributed by atoms with Crippen LogP contribution in [0.1, 0.15) is 13.3 Å². The fraction of sp³-hybridized carbons (Fsp3) is 0.600. The fourth-order valence-corrected chi connectivity index (χ4v) is 1.87. The van der Waals surface area contributed by atoms with Crippen molar-refractivity contribution in [1.82, 2.24) is 14.7 Å². The van der Waals surface area contributed by atoms with Crippen molar-refractivity contribution in [2.75, 3.05) is 18.8 Å². The van der Waals surface area contributed by atoms with Gasteiger partial charge in [-0.05, 0) is 18.4 Å². The number of anilines is 1. The van der Waals surface area contributed by atoms with E-state index in [4.69, 9.17) is 5.73 Å². The summed E-state index contributed by atoms with van der Waals surface area (Å²) in [5.74, 6) is 1.21. The molecule has 1 aliphatic heterocycles. The molecular formula is C10H16N4O. The van der Waals surface area contributed by atoms with Crippen LogP contribution >= 0.6 is 0 Å². The number of nitrogen functional groups attached to an aromatic ring is 1. The van der Waals surface area contributed by atoms with Gasteiger partial charge in [-0.2, -0.15) is 5.10 Å². The Balaban J connectivity index is 1.92. The van der Waals surface area contributed by atoms with E-state index in [0.29, 0.717) is 18.3 Å². The van der Waals surface area contributed by atoms with E-state index in [0.717, 1.165) is 19.5 Å². The number of carbonyl (C=O) groups excluding carboxylic acids is 1. The summed E-state index contributed by atoms with van der Waals surface area (Å²) >= 11 is 0. The zero-order chi connectivity index (χ0) is 10.8. The molecule has 0 saturated carbocycles. The van der Waals surface area contributed by atoms with Crippen molar-refractivity contribution < 1.29 is 4.79 Å². The highest BCUT2D eigenvalue weighted by molar-refractivity contribution is 5.76. The van der Waals surface area contributed by atoms with Gasteiger partial charge >= 0.3 is 0 Å².